The highest BCUT2D eigenvalue weighted by Gasteiger charge is 2.45. The summed E-state index contributed by atoms with van der Waals surface area (Å²) in [6, 6.07) is 10.1. The van der Waals surface area contributed by atoms with Gasteiger partial charge in [0, 0.05) is 49.7 Å². The van der Waals surface area contributed by atoms with Crippen LogP contribution in [0.1, 0.15) is 56.8 Å². The molecule has 1 saturated heterocycles. The van der Waals surface area contributed by atoms with Gasteiger partial charge in [-0.05, 0) is 55.7 Å². The third-order valence-electron chi connectivity index (χ3n) is 7.56. The summed E-state index contributed by atoms with van der Waals surface area (Å²) in [4.78, 5) is 85.7. The fourth-order valence-electron chi connectivity index (χ4n) is 5.11. The van der Waals surface area contributed by atoms with Crippen LogP contribution < -0.4 is 26.6 Å². The van der Waals surface area contributed by atoms with Gasteiger partial charge in [-0.3, -0.25) is 43.8 Å². The number of ether oxygens (including phenoxy) is 3. The molecular weight excluding hydrogens is 640 g/mol. The summed E-state index contributed by atoms with van der Waals surface area (Å²) >= 11 is 0. The molecule has 0 saturated carbocycles. The minimum Gasteiger partial charge on any atom is -0.379 e. The van der Waals surface area contributed by atoms with E-state index in [9.17, 15) is 33.6 Å². The van der Waals surface area contributed by atoms with Gasteiger partial charge in [0.1, 0.15) is 6.04 Å². The first-order chi connectivity index (χ1) is 23.8. The number of nitrogens with one attached hydrogen (secondary N) is 5. The molecule has 49 heavy (non-hydrogen) atoms. The second kappa shape index (κ2) is 19.0. The molecule has 0 spiro atoms. The second-order valence-corrected chi connectivity index (χ2v) is 11.0. The number of hydrogen-bond acceptors (Lipinski definition) is 11. The van der Waals surface area contributed by atoms with Crippen LogP contribution in [-0.2, 0) is 33.4 Å². The Hall–Kier alpha value is -5.19. The van der Waals surface area contributed by atoms with Gasteiger partial charge in [0.2, 0.25) is 24.1 Å². The molecule has 1 atom stereocenters. The van der Waals surface area contributed by atoms with Crippen LogP contribution in [-0.4, -0.2) is 112 Å². The van der Waals surface area contributed by atoms with Crippen LogP contribution in [0.3, 0.4) is 0 Å². The first-order valence-corrected chi connectivity index (χ1v) is 16.0. The van der Waals surface area contributed by atoms with Gasteiger partial charge >= 0.3 is 0 Å². The van der Waals surface area contributed by atoms with E-state index < -0.39 is 29.7 Å². The van der Waals surface area contributed by atoms with Gasteiger partial charge in [-0.25, -0.2) is 0 Å². The van der Waals surface area contributed by atoms with Gasteiger partial charge in [0.15, 0.2) is 0 Å². The van der Waals surface area contributed by atoms with Crippen molar-refractivity contribution in [3.8, 4) is 0 Å². The molecule has 16 heteroatoms. The third kappa shape index (κ3) is 10.7. The Bertz CT molecular complexity index is 1520. The first-order valence-electron chi connectivity index (χ1n) is 16.0. The quantitative estimate of drug-likeness (QED) is 0.0694. The van der Waals surface area contributed by atoms with E-state index in [1.165, 1.54) is 6.07 Å². The molecule has 0 radical (unpaired) electrons. The number of imide groups is 2. The summed E-state index contributed by atoms with van der Waals surface area (Å²) in [7, 11) is 0. The average Bonchev–Trinajstić information content (AvgIpc) is 3.35. The highest BCUT2D eigenvalue weighted by molar-refractivity contribution is 6.25. The number of fused-ring (bicyclic) bond motifs is 1. The molecule has 1 unspecified atom stereocenters. The Morgan fingerprint density at radius 2 is 1.49 bits per heavy atom. The van der Waals surface area contributed by atoms with Crippen LogP contribution in [0, 0.1) is 0 Å². The summed E-state index contributed by atoms with van der Waals surface area (Å²) in [6.45, 7) is 3.16. The first kappa shape index (κ1) is 36.6. The fourth-order valence-corrected chi connectivity index (χ4v) is 5.11. The van der Waals surface area contributed by atoms with Crippen molar-refractivity contribution in [3.63, 3.8) is 0 Å². The average molecular weight is 681 g/mol. The SMILES string of the molecule is O=CNc1ccc(C(=O)NCCCOCCOCCOCCCNC(=O)CNc2cccc3c2C(=O)N(C2CCC(=O)NC2=O)C3=O)cc1. The molecule has 0 bridgehead atoms. The summed E-state index contributed by atoms with van der Waals surface area (Å²) in [6.07, 6.45) is 1.87. The molecule has 2 aromatic carbocycles. The molecule has 16 nitrogen and oxygen atoms in total. The van der Waals surface area contributed by atoms with Crippen molar-refractivity contribution < 1.29 is 47.8 Å². The topological polar surface area (TPSA) is 211 Å². The molecule has 2 aliphatic rings. The van der Waals surface area contributed by atoms with Gasteiger partial charge in [-0.15, -0.1) is 0 Å². The van der Waals surface area contributed by atoms with E-state index in [1.54, 1.807) is 36.4 Å². The molecule has 0 aliphatic carbocycles. The van der Waals surface area contributed by atoms with Crippen LogP contribution in [0.5, 0.6) is 0 Å². The number of piperidine rings is 1. The summed E-state index contributed by atoms with van der Waals surface area (Å²) < 4.78 is 16.5. The second-order valence-electron chi connectivity index (χ2n) is 11.0. The Kier molecular flexibility index (Phi) is 14.2. The normalized spacial score (nSPS) is 15.4. The van der Waals surface area contributed by atoms with Crippen LogP contribution in [0.4, 0.5) is 11.4 Å². The van der Waals surface area contributed by atoms with E-state index in [0.29, 0.717) is 88.9 Å². The van der Waals surface area contributed by atoms with Crippen molar-refractivity contribution in [2.24, 2.45) is 0 Å². The van der Waals surface area contributed by atoms with Crippen LogP contribution >= 0.6 is 0 Å². The number of hydrogen-bond donors (Lipinski definition) is 5. The lowest BCUT2D eigenvalue weighted by Gasteiger charge is -2.27. The molecule has 4 rings (SSSR count). The maximum absolute atomic E-state index is 13.1. The fraction of sp³-hybridized carbons (Fsp3) is 0.424. The van der Waals surface area contributed by atoms with Crippen LogP contribution in [0.15, 0.2) is 42.5 Å². The molecule has 2 aromatic rings. The number of amides is 7. The minimum absolute atomic E-state index is 0.0261. The van der Waals surface area contributed by atoms with Crippen molar-refractivity contribution in [1.82, 2.24) is 20.9 Å². The maximum atomic E-state index is 13.1. The standard InChI is InChI=1S/C33H40N6O10/c40-21-37-23-8-6-22(7-9-23)30(43)35-13-3-15-48-17-19-49-18-16-47-14-2-12-34-28(42)20-36-25-5-1-4-24-29(25)33(46)39(32(24)45)26-10-11-27(41)38-31(26)44/h1,4-9,21,26,36H,2-3,10-20H2,(H,34,42)(H,35,43)(H,37,40)(H,38,41,44). The highest BCUT2D eigenvalue weighted by atomic mass is 16.5. The molecular formula is C33H40N6O10. The summed E-state index contributed by atoms with van der Waals surface area (Å²) in [5.74, 6) is -2.93. The summed E-state index contributed by atoms with van der Waals surface area (Å²) in [5, 5.41) is 13.1. The van der Waals surface area contributed by atoms with E-state index in [-0.39, 0.29) is 42.3 Å². The van der Waals surface area contributed by atoms with E-state index in [4.69, 9.17) is 14.2 Å². The molecule has 7 amide bonds. The Balaban J connectivity index is 0.984. The zero-order valence-corrected chi connectivity index (χ0v) is 26.9. The minimum atomic E-state index is -1.07. The van der Waals surface area contributed by atoms with Gasteiger partial charge in [0.05, 0.1) is 44.1 Å². The number of nitrogens with zero attached hydrogens (tertiary/aromatic N) is 1. The Labute approximate surface area is 282 Å². The number of carbonyl (C=O) groups excluding carboxylic acids is 7. The van der Waals surface area contributed by atoms with Crippen LogP contribution in [0.25, 0.3) is 0 Å². The zero-order chi connectivity index (χ0) is 35.0. The molecule has 1 fully saturated rings. The van der Waals surface area contributed by atoms with Crippen molar-refractivity contribution >= 4 is 53.2 Å². The Morgan fingerprint density at radius 1 is 0.837 bits per heavy atom. The smallest absolute Gasteiger partial charge is 0.264 e. The van der Waals surface area contributed by atoms with E-state index in [1.807, 2.05) is 0 Å². The van der Waals surface area contributed by atoms with Crippen molar-refractivity contribution in [2.45, 2.75) is 31.7 Å². The lowest BCUT2D eigenvalue weighted by molar-refractivity contribution is -0.136. The third-order valence-corrected chi connectivity index (χ3v) is 7.56. The number of anilines is 2. The largest absolute Gasteiger partial charge is 0.379 e. The molecule has 0 aromatic heterocycles. The van der Waals surface area contributed by atoms with Crippen LogP contribution in [0.2, 0.25) is 0 Å². The van der Waals surface area contributed by atoms with E-state index >= 15 is 0 Å². The molecule has 5 N–H and O–H groups in total. The lowest BCUT2D eigenvalue weighted by Crippen LogP contribution is -2.54. The predicted octanol–water partition coefficient (Wildman–Crippen LogP) is 0.444. The number of benzene rings is 2. The van der Waals surface area contributed by atoms with Crippen molar-refractivity contribution in [2.75, 3.05) is 69.9 Å². The predicted molar refractivity (Wildman–Crippen MR) is 175 cm³/mol. The Morgan fingerprint density at radius 3 is 2.14 bits per heavy atom. The maximum Gasteiger partial charge on any atom is 0.264 e. The van der Waals surface area contributed by atoms with Gasteiger partial charge in [0.25, 0.3) is 17.7 Å². The van der Waals surface area contributed by atoms with Crippen molar-refractivity contribution in [1.29, 1.82) is 0 Å². The molecule has 262 valence electrons. The number of rotatable bonds is 21. The molecule has 2 aliphatic heterocycles. The van der Waals surface area contributed by atoms with Gasteiger partial charge in [-0.2, -0.15) is 0 Å². The monoisotopic (exact) mass is 680 g/mol. The van der Waals surface area contributed by atoms with Gasteiger partial charge < -0.3 is 35.5 Å². The van der Waals surface area contributed by atoms with Crippen molar-refractivity contribution in [3.05, 3.63) is 59.2 Å². The molecule has 2 heterocycles. The van der Waals surface area contributed by atoms with E-state index in [2.05, 4.69) is 26.6 Å². The lowest BCUT2D eigenvalue weighted by atomic mass is 10.0. The zero-order valence-electron chi connectivity index (χ0n) is 26.9. The summed E-state index contributed by atoms with van der Waals surface area (Å²) in [5.41, 5.74) is 1.62. The van der Waals surface area contributed by atoms with E-state index in [0.717, 1.165) is 4.90 Å². The van der Waals surface area contributed by atoms with Gasteiger partial charge in [-0.1, -0.05) is 6.07 Å². The number of carbonyl (C=O) groups is 7. The highest BCUT2D eigenvalue weighted by Crippen LogP contribution is 2.32.